The lowest BCUT2D eigenvalue weighted by atomic mass is 10.1. The highest BCUT2D eigenvalue weighted by atomic mass is 19.1. The highest BCUT2D eigenvalue weighted by Gasteiger charge is 2.21. The van der Waals surface area contributed by atoms with Crippen LogP contribution in [0.3, 0.4) is 0 Å². The van der Waals surface area contributed by atoms with Crippen LogP contribution < -0.4 is 5.32 Å². The molecule has 5 heteroatoms. The number of amides is 1. The van der Waals surface area contributed by atoms with Crippen molar-refractivity contribution in [1.82, 2.24) is 0 Å². The number of benzene rings is 1. The van der Waals surface area contributed by atoms with Crippen LogP contribution in [0.15, 0.2) is 36.4 Å². The van der Waals surface area contributed by atoms with E-state index in [9.17, 15) is 14.0 Å². The predicted octanol–water partition coefficient (Wildman–Crippen LogP) is 3.05. The van der Waals surface area contributed by atoms with Crippen LogP contribution >= 0.6 is 0 Å². The molecule has 21 heavy (non-hydrogen) atoms. The topological polar surface area (TPSA) is 55.4 Å². The summed E-state index contributed by atoms with van der Waals surface area (Å²) in [5, 5.41) is 2.57. The first-order chi connectivity index (χ1) is 10.0. The Bertz CT molecular complexity index is 539. The number of ether oxygens (including phenoxy) is 1. The summed E-state index contributed by atoms with van der Waals surface area (Å²) < 4.78 is 17.9. The van der Waals surface area contributed by atoms with Gasteiger partial charge in [-0.05, 0) is 49.9 Å². The van der Waals surface area contributed by atoms with Gasteiger partial charge >= 0.3 is 5.97 Å². The van der Waals surface area contributed by atoms with E-state index in [1.54, 1.807) is 0 Å². The van der Waals surface area contributed by atoms with Gasteiger partial charge in [0.15, 0.2) is 6.10 Å². The number of hydrogen-bond donors (Lipinski definition) is 1. The molecule has 0 saturated carbocycles. The molecule has 112 valence electrons. The van der Waals surface area contributed by atoms with Crippen molar-refractivity contribution in [1.29, 1.82) is 0 Å². The molecule has 4 nitrogen and oxygen atoms in total. The van der Waals surface area contributed by atoms with Crippen LogP contribution in [0.5, 0.6) is 0 Å². The number of carbonyl (C=O) groups is 2. The third-order valence-electron chi connectivity index (χ3n) is 3.33. The Labute approximate surface area is 123 Å². The Balaban J connectivity index is 1.80. The van der Waals surface area contributed by atoms with E-state index >= 15 is 0 Å². The van der Waals surface area contributed by atoms with Crippen LogP contribution in [-0.4, -0.2) is 18.0 Å². The number of nitrogens with one attached hydrogen (secondary N) is 1. The molecule has 1 aromatic carbocycles. The smallest absolute Gasteiger partial charge is 0.307 e. The zero-order valence-electron chi connectivity index (χ0n) is 11.8. The first-order valence-corrected chi connectivity index (χ1v) is 6.97. The third-order valence-corrected chi connectivity index (χ3v) is 3.33. The van der Waals surface area contributed by atoms with Crippen LogP contribution in [0, 0.1) is 11.7 Å². The average molecular weight is 291 g/mol. The molecule has 1 N–H and O–H groups in total. The number of carbonyl (C=O) groups excluding carboxylic acids is 2. The number of halogens is 1. The molecule has 0 fully saturated rings. The summed E-state index contributed by atoms with van der Waals surface area (Å²) in [7, 11) is 0. The second-order valence-corrected chi connectivity index (χ2v) is 5.10. The van der Waals surface area contributed by atoms with Crippen molar-refractivity contribution in [2.45, 2.75) is 32.3 Å². The van der Waals surface area contributed by atoms with E-state index in [1.807, 2.05) is 12.2 Å². The van der Waals surface area contributed by atoms with E-state index in [2.05, 4.69) is 5.32 Å². The zero-order chi connectivity index (χ0) is 15.2. The molecule has 0 aliphatic heterocycles. The van der Waals surface area contributed by atoms with E-state index < -0.39 is 12.0 Å². The number of allylic oxidation sites excluding steroid dienone is 2. The van der Waals surface area contributed by atoms with E-state index in [0.717, 1.165) is 12.8 Å². The van der Waals surface area contributed by atoms with Crippen molar-refractivity contribution in [3.05, 3.63) is 42.2 Å². The number of esters is 1. The molecule has 1 amide bonds. The third kappa shape index (κ3) is 4.70. The molecule has 1 aliphatic carbocycles. The first-order valence-electron chi connectivity index (χ1n) is 6.97. The summed E-state index contributed by atoms with van der Waals surface area (Å²) >= 11 is 0. The highest BCUT2D eigenvalue weighted by molar-refractivity contribution is 5.95. The van der Waals surface area contributed by atoms with E-state index in [1.165, 1.54) is 31.2 Å². The summed E-state index contributed by atoms with van der Waals surface area (Å²) in [6, 6.07) is 5.40. The standard InChI is InChI=1S/C16H18FNO3/c1-11(21-15(19)10-12-4-2-3-5-12)16(20)18-14-8-6-13(17)7-9-14/h2,4,6-9,11-12H,3,5,10H2,1H3,(H,18,20)/t11-,12+/m1/s1. The van der Waals surface area contributed by atoms with E-state index in [-0.39, 0.29) is 17.7 Å². The number of anilines is 1. The van der Waals surface area contributed by atoms with E-state index in [0.29, 0.717) is 12.1 Å². The molecule has 1 aliphatic rings. The summed E-state index contributed by atoms with van der Waals surface area (Å²) in [6.07, 6.45) is 5.40. The average Bonchev–Trinajstić information content (AvgIpc) is 2.94. The monoisotopic (exact) mass is 291 g/mol. The Hall–Kier alpha value is -2.17. The Morgan fingerprint density at radius 2 is 2.10 bits per heavy atom. The van der Waals surface area contributed by atoms with Gasteiger partial charge in [-0.25, -0.2) is 4.39 Å². The summed E-state index contributed by atoms with van der Waals surface area (Å²) in [6.45, 7) is 1.52. The van der Waals surface area contributed by atoms with Gasteiger partial charge in [0.05, 0.1) is 6.42 Å². The van der Waals surface area contributed by atoms with Gasteiger partial charge < -0.3 is 10.1 Å². The molecule has 0 spiro atoms. The summed E-state index contributed by atoms with van der Waals surface area (Å²) in [4.78, 5) is 23.6. The summed E-state index contributed by atoms with van der Waals surface area (Å²) in [5.74, 6) is -0.979. The quantitative estimate of drug-likeness (QED) is 0.670. The molecule has 0 aromatic heterocycles. The Morgan fingerprint density at radius 1 is 1.38 bits per heavy atom. The van der Waals surface area contributed by atoms with Gasteiger partial charge in [-0.15, -0.1) is 0 Å². The van der Waals surface area contributed by atoms with Crippen LogP contribution in [0.2, 0.25) is 0 Å². The molecule has 0 unspecified atom stereocenters. The maximum Gasteiger partial charge on any atom is 0.307 e. The minimum atomic E-state index is -0.882. The van der Waals surface area contributed by atoms with Crippen LogP contribution in [-0.2, 0) is 14.3 Å². The van der Waals surface area contributed by atoms with Crippen LogP contribution in [0.4, 0.5) is 10.1 Å². The molecule has 0 radical (unpaired) electrons. The molecular formula is C16H18FNO3. The fourth-order valence-corrected chi connectivity index (χ4v) is 2.16. The predicted molar refractivity (Wildman–Crippen MR) is 77.1 cm³/mol. The maximum atomic E-state index is 12.8. The van der Waals surface area contributed by atoms with Crippen molar-refractivity contribution in [2.75, 3.05) is 5.32 Å². The SMILES string of the molecule is C[C@@H](OC(=O)C[C@H]1C=CCC1)C(=O)Nc1ccc(F)cc1. The van der Waals surface area contributed by atoms with Gasteiger partial charge in [-0.2, -0.15) is 0 Å². The van der Waals surface area contributed by atoms with Crippen molar-refractivity contribution in [2.24, 2.45) is 5.92 Å². The molecule has 1 aromatic rings. The second kappa shape index (κ2) is 7.02. The minimum Gasteiger partial charge on any atom is -0.453 e. The Kier molecular flexibility index (Phi) is 5.09. The summed E-state index contributed by atoms with van der Waals surface area (Å²) in [5.41, 5.74) is 0.461. The lowest BCUT2D eigenvalue weighted by Gasteiger charge is -2.14. The molecule has 2 rings (SSSR count). The normalized spacial score (nSPS) is 18.3. The van der Waals surface area contributed by atoms with Crippen molar-refractivity contribution in [3.63, 3.8) is 0 Å². The first kappa shape index (κ1) is 15.2. The minimum absolute atomic E-state index is 0.213. The fraction of sp³-hybridized carbons (Fsp3) is 0.375. The van der Waals surface area contributed by atoms with Gasteiger partial charge in [-0.3, -0.25) is 9.59 Å². The van der Waals surface area contributed by atoms with Crippen molar-refractivity contribution in [3.8, 4) is 0 Å². The van der Waals surface area contributed by atoms with Crippen molar-refractivity contribution >= 4 is 17.6 Å². The number of rotatable bonds is 5. The van der Waals surface area contributed by atoms with Crippen LogP contribution in [0.25, 0.3) is 0 Å². The fourth-order valence-electron chi connectivity index (χ4n) is 2.16. The molecule has 0 saturated heterocycles. The van der Waals surface area contributed by atoms with E-state index in [4.69, 9.17) is 4.74 Å². The van der Waals surface area contributed by atoms with Crippen LogP contribution in [0.1, 0.15) is 26.2 Å². The van der Waals surface area contributed by atoms with Gasteiger partial charge in [0.25, 0.3) is 5.91 Å². The van der Waals surface area contributed by atoms with Gasteiger partial charge in [-0.1, -0.05) is 12.2 Å². The van der Waals surface area contributed by atoms with Gasteiger partial charge in [0.1, 0.15) is 5.82 Å². The molecular weight excluding hydrogens is 273 g/mol. The Morgan fingerprint density at radius 3 is 2.71 bits per heavy atom. The van der Waals surface area contributed by atoms with Gasteiger partial charge in [0, 0.05) is 5.69 Å². The highest BCUT2D eigenvalue weighted by Crippen LogP contribution is 2.21. The lowest BCUT2D eigenvalue weighted by molar-refractivity contribution is -0.153. The van der Waals surface area contributed by atoms with Crippen molar-refractivity contribution < 1.29 is 18.7 Å². The van der Waals surface area contributed by atoms with Gasteiger partial charge in [0.2, 0.25) is 0 Å². The zero-order valence-corrected chi connectivity index (χ0v) is 11.8. The molecule has 0 bridgehead atoms. The molecule has 0 heterocycles. The second-order valence-electron chi connectivity index (χ2n) is 5.10. The molecule has 2 atom stereocenters. The lowest BCUT2D eigenvalue weighted by Crippen LogP contribution is -2.30. The maximum absolute atomic E-state index is 12.8. The number of hydrogen-bond acceptors (Lipinski definition) is 3. The largest absolute Gasteiger partial charge is 0.453 e.